The molecule has 2 N–H and O–H groups in total. The van der Waals surface area contributed by atoms with Crippen molar-refractivity contribution in [2.24, 2.45) is 0 Å². The van der Waals surface area contributed by atoms with Crippen molar-refractivity contribution in [2.45, 2.75) is 6.92 Å². The van der Waals surface area contributed by atoms with Gasteiger partial charge in [-0.2, -0.15) is 10.5 Å². The minimum absolute atomic E-state index is 0.0460. The van der Waals surface area contributed by atoms with Crippen molar-refractivity contribution >= 4 is 23.1 Å². The zero-order valence-electron chi connectivity index (χ0n) is 13.4. The first-order valence-corrected chi connectivity index (χ1v) is 7.33. The highest BCUT2D eigenvalue weighted by atomic mass is 16.1. The molecule has 0 radical (unpaired) electrons. The summed E-state index contributed by atoms with van der Waals surface area (Å²) >= 11 is 0. The fraction of sp³-hybridized carbons (Fsp3) is 0.0526. The molecule has 6 heteroatoms. The number of rotatable bonds is 5. The Labute approximate surface area is 145 Å². The van der Waals surface area contributed by atoms with E-state index in [0.717, 1.165) is 0 Å². The Morgan fingerprint density at radius 1 is 1.04 bits per heavy atom. The van der Waals surface area contributed by atoms with E-state index >= 15 is 0 Å². The fourth-order valence-electron chi connectivity index (χ4n) is 1.98. The van der Waals surface area contributed by atoms with Gasteiger partial charge in [-0.15, -0.1) is 0 Å². The van der Waals surface area contributed by atoms with Crippen LogP contribution in [-0.4, -0.2) is 11.7 Å². The second-order valence-corrected chi connectivity index (χ2v) is 5.06. The molecule has 25 heavy (non-hydrogen) atoms. The van der Waals surface area contributed by atoms with Crippen LogP contribution >= 0.6 is 0 Å². The first-order valence-electron chi connectivity index (χ1n) is 7.33. The van der Waals surface area contributed by atoms with Gasteiger partial charge in [-0.1, -0.05) is 12.1 Å². The number of Topliss-reactive ketones (excluding diaryl/α,β-unsaturated/α-hetero) is 1. The van der Waals surface area contributed by atoms with Crippen molar-refractivity contribution in [3.63, 3.8) is 0 Å². The van der Waals surface area contributed by atoms with E-state index in [-0.39, 0.29) is 11.4 Å². The summed E-state index contributed by atoms with van der Waals surface area (Å²) in [6.45, 7) is 1.47. The van der Waals surface area contributed by atoms with E-state index in [0.29, 0.717) is 22.5 Å². The van der Waals surface area contributed by atoms with Gasteiger partial charge in [-0.25, -0.2) is 0 Å². The lowest BCUT2D eigenvalue weighted by Crippen LogP contribution is -2.15. The predicted molar refractivity (Wildman–Crippen MR) is 93.6 cm³/mol. The highest BCUT2D eigenvalue weighted by Gasteiger charge is 2.11. The normalized spacial score (nSPS) is 10.3. The SMILES string of the molecule is CC(=O)c1ccc(N/C=C(/C#N)C(=O)Nc2ccccc2C#N)cc1. The number of amides is 1. The summed E-state index contributed by atoms with van der Waals surface area (Å²) in [6.07, 6.45) is 1.27. The minimum Gasteiger partial charge on any atom is -0.360 e. The number of anilines is 2. The molecule has 0 aromatic heterocycles. The molecule has 0 aliphatic carbocycles. The molecule has 0 spiro atoms. The molecular weight excluding hydrogens is 316 g/mol. The number of ketones is 1. The highest BCUT2D eigenvalue weighted by Crippen LogP contribution is 2.15. The molecule has 6 nitrogen and oxygen atoms in total. The Morgan fingerprint density at radius 2 is 1.72 bits per heavy atom. The molecule has 2 aromatic rings. The average Bonchev–Trinajstić information content (AvgIpc) is 2.63. The average molecular weight is 330 g/mol. The van der Waals surface area contributed by atoms with Gasteiger partial charge in [0, 0.05) is 17.5 Å². The number of nitrogens with zero attached hydrogens (tertiary/aromatic N) is 2. The summed E-state index contributed by atoms with van der Waals surface area (Å²) in [5.74, 6) is -0.673. The summed E-state index contributed by atoms with van der Waals surface area (Å²) < 4.78 is 0. The Hall–Kier alpha value is -3.90. The highest BCUT2D eigenvalue weighted by molar-refractivity contribution is 6.07. The number of hydrogen-bond donors (Lipinski definition) is 2. The number of para-hydroxylation sites is 1. The summed E-state index contributed by atoms with van der Waals surface area (Å²) in [4.78, 5) is 23.4. The van der Waals surface area contributed by atoms with E-state index < -0.39 is 5.91 Å². The summed E-state index contributed by atoms with van der Waals surface area (Å²) in [5, 5.41) is 23.6. The van der Waals surface area contributed by atoms with E-state index in [1.54, 1.807) is 48.5 Å². The standard InChI is InChI=1S/C19H14N4O2/c1-13(24)14-6-8-17(9-7-14)22-12-16(11-21)19(25)23-18-5-3-2-4-15(18)10-20/h2-9,12,22H,1H3,(H,23,25)/b16-12-. The van der Waals surface area contributed by atoms with Crippen LogP contribution in [0.15, 0.2) is 60.3 Å². The molecule has 0 atom stereocenters. The third-order valence-corrected chi connectivity index (χ3v) is 3.34. The van der Waals surface area contributed by atoms with Crippen LogP contribution in [0.4, 0.5) is 11.4 Å². The van der Waals surface area contributed by atoms with E-state index in [1.807, 2.05) is 12.1 Å². The molecule has 0 fully saturated rings. The maximum Gasteiger partial charge on any atom is 0.267 e. The maximum atomic E-state index is 12.2. The Kier molecular flexibility index (Phi) is 5.65. The van der Waals surface area contributed by atoms with Crippen molar-refractivity contribution in [2.75, 3.05) is 10.6 Å². The van der Waals surface area contributed by atoms with Crippen LogP contribution < -0.4 is 10.6 Å². The van der Waals surface area contributed by atoms with Crippen LogP contribution in [0.1, 0.15) is 22.8 Å². The number of nitrogens with one attached hydrogen (secondary N) is 2. The molecule has 1 amide bonds. The molecule has 2 rings (SSSR count). The lowest BCUT2D eigenvalue weighted by Gasteiger charge is -2.07. The van der Waals surface area contributed by atoms with Gasteiger partial charge in [0.25, 0.3) is 5.91 Å². The molecule has 0 aliphatic rings. The van der Waals surface area contributed by atoms with E-state index in [9.17, 15) is 9.59 Å². The Morgan fingerprint density at radius 3 is 2.32 bits per heavy atom. The molecule has 122 valence electrons. The first-order chi connectivity index (χ1) is 12.0. The third-order valence-electron chi connectivity index (χ3n) is 3.34. The van der Waals surface area contributed by atoms with Crippen LogP contribution in [0.3, 0.4) is 0 Å². The van der Waals surface area contributed by atoms with E-state index in [4.69, 9.17) is 10.5 Å². The van der Waals surface area contributed by atoms with Crippen LogP contribution in [-0.2, 0) is 4.79 Å². The summed E-state index contributed by atoms with van der Waals surface area (Å²) in [5.41, 5.74) is 1.69. The quantitative estimate of drug-likeness (QED) is 0.497. The smallest absolute Gasteiger partial charge is 0.267 e. The van der Waals surface area contributed by atoms with Gasteiger partial charge < -0.3 is 10.6 Å². The van der Waals surface area contributed by atoms with E-state index in [1.165, 1.54) is 13.1 Å². The summed E-state index contributed by atoms with van der Waals surface area (Å²) in [7, 11) is 0. The zero-order valence-corrected chi connectivity index (χ0v) is 13.4. The molecule has 0 bridgehead atoms. The first kappa shape index (κ1) is 17.5. The van der Waals surface area contributed by atoms with E-state index in [2.05, 4.69) is 10.6 Å². The molecule has 0 aliphatic heterocycles. The Bertz CT molecular complexity index is 916. The number of benzene rings is 2. The lowest BCUT2D eigenvalue weighted by atomic mass is 10.1. The molecule has 2 aromatic carbocycles. The maximum absolute atomic E-state index is 12.2. The van der Waals surface area contributed by atoms with Crippen molar-refractivity contribution < 1.29 is 9.59 Å². The number of hydrogen-bond acceptors (Lipinski definition) is 5. The van der Waals surface area contributed by atoms with Crippen molar-refractivity contribution in [1.29, 1.82) is 10.5 Å². The van der Waals surface area contributed by atoms with Gasteiger partial charge in [0.2, 0.25) is 0 Å². The Balaban J connectivity index is 2.11. The van der Waals surface area contributed by atoms with Gasteiger partial charge >= 0.3 is 0 Å². The van der Waals surface area contributed by atoms with Gasteiger partial charge in [-0.3, -0.25) is 9.59 Å². The molecule has 0 saturated carbocycles. The third kappa shape index (κ3) is 4.54. The number of nitriles is 2. The van der Waals surface area contributed by atoms with Crippen molar-refractivity contribution in [3.05, 3.63) is 71.4 Å². The second-order valence-electron chi connectivity index (χ2n) is 5.06. The summed E-state index contributed by atoms with van der Waals surface area (Å²) in [6, 6.07) is 16.9. The topological polar surface area (TPSA) is 106 Å². The van der Waals surface area contributed by atoms with Gasteiger partial charge in [-0.05, 0) is 43.3 Å². The van der Waals surface area contributed by atoms with Crippen LogP contribution in [0, 0.1) is 22.7 Å². The predicted octanol–water partition coefficient (Wildman–Crippen LogP) is 3.22. The van der Waals surface area contributed by atoms with Crippen molar-refractivity contribution in [1.82, 2.24) is 0 Å². The van der Waals surface area contributed by atoms with Gasteiger partial charge in [0.15, 0.2) is 5.78 Å². The van der Waals surface area contributed by atoms with Crippen molar-refractivity contribution in [3.8, 4) is 12.1 Å². The van der Waals surface area contributed by atoms with Crippen LogP contribution in [0.5, 0.6) is 0 Å². The monoisotopic (exact) mass is 330 g/mol. The zero-order chi connectivity index (χ0) is 18.2. The fourth-order valence-corrected chi connectivity index (χ4v) is 1.98. The molecular formula is C19H14N4O2. The molecule has 0 unspecified atom stereocenters. The number of carbonyl (C=O) groups is 2. The van der Waals surface area contributed by atoms with Gasteiger partial charge in [0.05, 0.1) is 11.3 Å². The molecule has 0 saturated heterocycles. The molecule has 0 heterocycles. The number of carbonyl (C=O) groups excluding carboxylic acids is 2. The van der Waals surface area contributed by atoms with Crippen LogP contribution in [0.2, 0.25) is 0 Å². The second kappa shape index (κ2) is 8.09. The van der Waals surface area contributed by atoms with Gasteiger partial charge in [0.1, 0.15) is 17.7 Å². The minimum atomic E-state index is -0.627. The largest absolute Gasteiger partial charge is 0.360 e. The van der Waals surface area contributed by atoms with Crippen LogP contribution in [0.25, 0.3) is 0 Å². The lowest BCUT2D eigenvalue weighted by molar-refractivity contribution is -0.112.